The van der Waals surface area contributed by atoms with Crippen molar-refractivity contribution in [3.8, 4) is 0 Å². The Morgan fingerprint density at radius 1 is 1.50 bits per heavy atom. The first-order chi connectivity index (χ1) is 8.50. The molecule has 0 aliphatic carbocycles. The molecular weight excluding hydrogens is 252 g/mol. The number of hydrogen-bond acceptors (Lipinski definition) is 4. The average molecular weight is 270 g/mol. The summed E-state index contributed by atoms with van der Waals surface area (Å²) in [7, 11) is -3.29. The van der Waals surface area contributed by atoms with Gasteiger partial charge in [0.1, 0.15) is 0 Å². The van der Waals surface area contributed by atoms with E-state index in [1.165, 1.54) is 4.31 Å². The Morgan fingerprint density at radius 2 is 2.28 bits per heavy atom. The van der Waals surface area contributed by atoms with E-state index >= 15 is 0 Å². The summed E-state index contributed by atoms with van der Waals surface area (Å²) >= 11 is 0. The number of fused-ring (bicyclic) bond motifs is 1. The lowest BCUT2D eigenvalue weighted by atomic mass is 10.2. The van der Waals surface area contributed by atoms with Crippen LogP contribution in [0.3, 0.4) is 0 Å². The zero-order valence-electron chi connectivity index (χ0n) is 10.7. The highest BCUT2D eigenvalue weighted by molar-refractivity contribution is 7.92. The first-order valence-electron chi connectivity index (χ1n) is 6.05. The largest absolute Gasteiger partial charge is 0.378 e. The second-order valence-electron chi connectivity index (χ2n) is 4.56. The third kappa shape index (κ3) is 2.81. The molecule has 0 N–H and O–H groups in total. The summed E-state index contributed by atoms with van der Waals surface area (Å²) in [5.74, 6) is 0.0208. The van der Waals surface area contributed by atoms with Crippen molar-refractivity contribution in [1.82, 2.24) is 4.98 Å². The summed E-state index contributed by atoms with van der Waals surface area (Å²) in [5.41, 5.74) is 1.75. The fourth-order valence-electron chi connectivity index (χ4n) is 1.99. The Bertz CT molecular complexity index is 514. The SMILES string of the molecule is CC(C)OCCS(=O)(=O)N1CCc2cnccc21. The normalized spacial score (nSPS) is 15.2. The van der Waals surface area contributed by atoms with E-state index in [1.54, 1.807) is 18.5 Å². The lowest BCUT2D eigenvalue weighted by Crippen LogP contribution is -2.33. The molecule has 2 rings (SSSR count). The van der Waals surface area contributed by atoms with Crippen molar-refractivity contribution in [3.63, 3.8) is 0 Å². The van der Waals surface area contributed by atoms with Crippen LogP contribution in [0, 0.1) is 0 Å². The fraction of sp³-hybridized carbons (Fsp3) is 0.583. The van der Waals surface area contributed by atoms with Crippen LogP contribution in [0.15, 0.2) is 18.5 Å². The van der Waals surface area contributed by atoms with Gasteiger partial charge in [-0.25, -0.2) is 8.42 Å². The van der Waals surface area contributed by atoms with E-state index in [2.05, 4.69) is 4.98 Å². The Labute approximate surface area is 108 Å². The summed E-state index contributed by atoms with van der Waals surface area (Å²) in [5, 5.41) is 0. The average Bonchev–Trinajstić information content (AvgIpc) is 2.72. The summed E-state index contributed by atoms with van der Waals surface area (Å²) in [6.45, 7) is 4.52. The Balaban J connectivity index is 2.08. The van der Waals surface area contributed by atoms with Crippen molar-refractivity contribution < 1.29 is 13.2 Å². The molecule has 0 atom stereocenters. The molecule has 0 radical (unpaired) electrons. The molecule has 0 bridgehead atoms. The third-order valence-electron chi connectivity index (χ3n) is 2.86. The van der Waals surface area contributed by atoms with E-state index in [4.69, 9.17) is 4.74 Å². The van der Waals surface area contributed by atoms with Crippen LogP contribution >= 0.6 is 0 Å². The smallest absolute Gasteiger partial charge is 0.237 e. The van der Waals surface area contributed by atoms with E-state index in [0.29, 0.717) is 6.54 Å². The van der Waals surface area contributed by atoms with Crippen molar-refractivity contribution in [2.45, 2.75) is 26.4 Å². The standard InChI is InChI=1S/C12H18N2O3S/c1-10(2)17-7-8-18(15,16)14-6-4-11-9-13-5-3-12(11)14/h3,5,9-10H,4,6-8H2,1-2H3. The first kappa shape index (κ1) is 13.3. The molecule has 0 aromatic carbocycles. The molecule has 2 heterocycles. The molecule has 0 fully saturated rings. The van der Waals surface area contributed by atoms with Gasteiger partial charge in [-0.15, -0.1) is 0 Å². The first-order valence-corrected chi connectivity index (χ1v) is 7.66. The summed E-state index contributed by atoms with van der Waals surface area (Å²) in [6, 6.07) is 1.75. The van der Waals surface area contributed by atoms with Crippen molar-refractivity contribution in [2.75, 3.05) is 23.2 Å². The molecule has 0 saturated carbocycles. The van der Waals surface area contributed by atoms with Crippen molar-refractivity contribution >= 4 is 15.7 Å². The predicted octanol–water partition coefficient (Wildman–Crippen LogP) is 1.20. The van der Waals surface area contributed by atoms with Crippen LogP contribution in [0.1, 0.15) is 19.4 Å². The zero-order valence-corrected chi connectivity index (χ0v) is 11.5. The molecule has 0 saturated heterocycles. The molecule has 100 valence electrons. The molecule has 6 heteroatoms. The van der Waals surface area contributed by atoms with E-state index < -0.39 is 10.0 Å². The third-order valence-corrected chi connectivity index (χ3v) is 4.59. The summed E-state index contributed by atoms with van der Waals surface area (Å²) in [6.07, 6.45) is 4.13. The van der Waals surface area contributed by atoms with Crippen LogP contribution in [0.5, 0.6) is 0 Å². The number of pyridine rings is 1. The van der Waals surface area contributed by atoms with Crippen LogP contribution in [-0.2, 0) is 21.2 Å². The van der Waals surface area contributed by atoms with E-state index in [0.717, 1.165) is 17.7 Å². The summed E-state index contributed by atoms with van der Waals surface area (Å²) in [4.78, 5) is 4.01. The van der Waals surface area contributed by atoms with Gasteiger partial charge in [0.25, 0.3) is 0 Å². The fourth-order valence-corrected chi connectivity index (χ4v) is 3.36. The van der Waals surface area contributed by atoms with Crippen LogP contribution in [0.25, 0.3) is 0 Å². The van der Waals surface area contributed by atoms with Gasteiger partial charge in [0.15, 0.2) is 0 Å². The minimum atomic E-state index is -3.29. The number of nitrogens with zero attached hydrogens (tertiary/aromatic N) is 2. The van der Waals surface area contributed by atoms with Gasteiger partial charge in [-0.05, 0) is 31.9 Å². The molecule has 0 amide bonds. The van der Waals surface area contributed by atoms with Crippen molar-refractivity contribution in [1.29, 1.82) is 0 Å². The van der Waals surface area contributed by atoms with Gasteiger partial charge in [-0.2, -0.15) is 0 Å². The molecule has 1 aliphatic rings. The lowest BCUT2D eigenvalue weighted by Gasteiger charge is -2.19. The van der Waals surface area contributed by atoms with Gasteiger partial charge >= 0.3 is 0 Å². The van der Waals surface area contributed by atoms with Crippen LogP contribution in [-0.4, -0.2) is 38.4 Å². The van der Waals surface area contributed by atoms with Gasteiger partial charge in [0.2, 0.25) is 10.0 Å². The zero-order chi connectivity index (χ0) is 13.2. The number of aromatic nitrogens is 1. The maximum atomic E-state index is 12.2. The number of rotatable bonds is 5. The van der Waals surface area contributed by atoms with Crippen LogP contribution in [0.4, 0.5) is 5.69 Å². The van der Waals surface area contributed by atoms with Gasteiger partial charge in [0, 0.05) is 18.9 Å². The summed E-state index contributed by atoms with van der Waals surface area (Å²) < 4.78 is 31.2. The molecule has 5 nitrogen and oxygen atoms in total. The van der Waals surface area contributed by atoms with Crippen LogP contribution in [0.2, 0.25) is 0 Å². The molecule has 0 spiro atoms. The topological polar surface area (TPSA) is 59.5 Å². The molecule has 18 heavy (non-hydrogen) atoms. The lowest BCUT2D eigenvalue weighted by molar-refractivity contribution is 0.0912. The van der Waals surface area contributed by atoms with E-state index in [-0.39, 0.29) is 18.5 Å². The minimum absolute atomic E-state index is 0.0208. The molecule has 0 unspecified atom stereocenters. The highest BCUT2D eigenvalue weighted by atomic mass is 32.2. The number of anilines is 1. The molecule has 1 aromatic heterocycles. The predicted molar refractivity (Wildman–Crippen MR) is 70.2 cm³/mol. The molecular formula is C12H18N2O3S. The van der Waals surface area contributed by atoms with Gasteiger partial charge in [0.05, 0.1) is 24.2 Å². The van der Waals surface area contributed by atoms with Gasteiger partial charge in [-0.1, -0.05) is 0 Å². The van der Waals surface area contributed by atoms with Crippen molar-refractivity contribution in [2.24, 2.45) is 0 Å². The maximum Gasteiger partial charge on any atom is 0.237 e. The van der Waals surface area contributed by atoms with Gasteiger partial charge < -0.3 is 4.74 Å². The minimum Gasteiger partial charge on any atom is -0.378 e. The Hall–Kier alpha value is -1.14. The second-order valence-corrected chi connectivity index (χ2v) is 6.57. The van der Waals surface area contributed by atoms with Crippen molar-refractivity contribution in [3.05, 3.63) is 24.0 Å². The number of ether oxygens (including phenoxy) is 1. The molecule has 1 aliphatic heterocycles. The van der Waals surface area contributed by atoms with E-state index in [9.17, 15) is 8.42 Å². The highest BCUT2D eigenvalue weighted by Gasteiger charge is 2.28. The maximum absolute atomic E-state index is 12.2. The Morgan fingerprint density at radius 3 is 3.00 bits per heavy atom. The number of sulfonamides is 1. The quantitative estimate of drug-likeness (QED) is 0.806. The highest BCUT2D eigenvalue weighted by Crippen LogP contribution is 2.29. The molecule has 1 aromatic rings. The van der Waals surface area contributed by atoms with Gasteiger partial charge in [-0.3, -0.25) is 9.29 Å². The second kappa shape index (κ2) is 5.24. The Kier molecular flexibility index (Phi) is 3.87. The van der Waals surface area contributed by atoms with Crippen LogP contribution < -0.4 is 4.31 Å². The monoisotopic (exact) mass is 270 g/mol. The van der Waals surface area contributed by atoms with E-state index in [1.807, 2.05) is 13.8 Å². The number of hydrogen-bond donors (Lipinski definition) is 0.